The minimum Gasteiger partial charge on any atom is -0.444 e. The number of hydroxylamine groups is 1. The van der Waals surface area contributed by atoms with Gasteiger partial charge in [-0.3, -0.25) is 4.79 Å². The van der Waals surface area contributed by atoms with Gasteiger partial charge in [-0.15, -0.1) is 0 Å². The molecule has 0 aromatic heterocycles. The quantitative estimate of drug-likeness (QED) is 0.0933. The number of amides is 2. The van der Waals surface area contributed by atoms with E-state index >= 15 is 0 Å². The van der Waals surface area contributed by atoms with E-state index in [0.717, 1.165) is 12.0 Å². The van der Waals surface area contributed by atoms with Crippen LogP contribution in [0.4, 0.5) is 4.79 Å². The third kappa shape index (κ3) is 12.3. The standard InChI is InChI=1S/C41H57N3O5/c1-39(2,3)49-38(46)42-24-16-15-23-36(44-48-26-35-33-21-13-11-19-31(33)32-20-12-14-22-34(32)35)37(45)43-28-40(4,5)27-41(6,7)29-47-25-30-17-9-8-10-18-30/h8-14,17-22,35-36,44H,15-16,23-29H2,1-7H3,(H,42,46)(H,43,45). The molecule has 2 amide bonds. The van der Waals surface area contributed by atoms with E-state index < -0.39 is 17.7 Å². The van der Waals surface area contributed by atoms with Gasteiger partial charge in [0.1, 0.15) is 11.6 Å². The SMILES string of the molecule is CC(C)(CNC(=O)C(CCCCNC(=O)OC(C)(C)C)NOCC1c2ccccc2-c2ccccc21)CC(C)(C)COCc1ccccc1. The van der Waals surface area contributed by atoms with Crippen molar-refractivity contribution in [2.24, 2.45) is 10.8 Å². The van der Waals surface area contributed by atoms with Gasteiger partial charge in [-0.05, 0) is 85.1 Å². The van der Waals surface area contributed by atoms with E-state index in [-0.39, 0.29) is 22.7 Å². The summed E-state index contributed by atoms with van der Waals surface area (Å²) < 4.78 is 11.4. The van der Waals surface area contributed by atoms with Crippen molar-refractivity contribution in [3.63, 3.8) is 0 Å². The maximum atomic E-state index is 13.7. The van der Waals surface area contributed by atoms with Crippen LogP contribution < -0.4 is 16.1 Å². The Hall–Kier alpha value is -3.72. The molecule has 8 heteroatoms. The molecule has 0 saturated carbocycles. The molecule has 0 heterocycles. The minimum absolute atomic E-state index is 0.0707. The first-order chi connectivity index (χ1) is 23.2. The number of hydrogen-bond acceptors (Lipinski definition) is 6. The first-order valence-electron chi connectivity index (χ1n) is 17.6. The second-order valence-corrected chi connectivity index (χ2v) is 15.8. The molecule has 3 aromatic rings. The molecule has 0 saturated heterocycles. The van der Waals surface area contributed by atoms with Crippen LogP contribution in [0.15, 0.2) is 78.9 Å². The number of unbranched alkanes of at least 4 members (excludes halogenated alkanes) is 1. The fraction of sp³-hybridized carbons (Fsp3) is 0.512. The minimum atomic E-state index is -0.550. The summed E-state index contributed by atoms with van der Waals surface area (Å²) in [5, 5.41) is 6.02. The van der Waals surface area contributed by atoms with Crippen molar-refractivity contribution in [1.82, 2.24) is 16.1 Å². The Morgan fingerprint density at radius 1 is 0.755 bits per heavy atom. The third-order valence-electron chi connectivity index (χ3n) is 8.65. The molecular formula is C41H57N3O5. The molecule has 8 nitrogen and oxygen atoms in total. The van der Waals surface area contributed by atoms with Crippen molar-refractivity contribution in [3.8, 4) is 11.1 Å². The molecule has 3 N–H and O–H groups in total. The van der Waals surface area contributed by atoms with E-state index in [1.807, 2.05) is 39.0 Å². The van der Waals surface area contributed by atoms with Gasteiger partial charge in [0.2, 0.25) is 5.91 Å². The number of rotatable bonds is 18. The smallest absolute Gasteiger partial charge is 0.407 e. The zero-order valence-corrected chi connectivity index (χ0v) is 30.6. The van der Waals surface area contributed by atoms with Crippen LogP contribution in [-0.2, 0) is 25.7 Å². The summed E-state index contributed by atoms with van der Waals surface area (Å²) in [7, 11) is 0. The number of ether oxygens (including phenoxy) is 2. The zero-order chi connectivity index (χ0) is 35.5. The highest BCUT2D eigenvalue weighted by molar-refractivity contribution is 5.81. The maximum absolute atomic E-state index is 13.7. The average Bonchev–Trinajstić information content (AvgIpc) is 3.35. The first-order valence-corrected chi connectivity index (χ1v) is 17.6. The van der Waals surface area contributed by atoms with Crippen molar-refractivity contribution < 1.29 is 23.9 Å². The molecule has 0 spiro atoms. The van der Waals surface area contributed by atoms with Crippen LogP contribution in [0.25, 0.3) is 11.1 Å². The molecule has 0 aliphatic heterocycles. The number of benzene rings is 3. The number of hydrogen-bond donors (Lipinski definition) is 3. The van der Waals surface area contributed by atoms with Gasteiger partial charge in [0.25, 0.3) is 0 Å². The van der Waals surface area contributed by atoms with Gasteiger partial charge in [-0.2, -0.15) is 5.48 Å². The van der Waals surface area contributed by atoms with Crippen LogP contribution in [-0.4, -0.2) is 49.9 Å². The monoisotopic (exact) mass is 671 g/mol. The molecule has 1 atom stereocenters. The number of carbonyl (C=O) groups is 2. The summed E-state index contributed by atoms with van der Waals surface area (Å²) in [6.07, 6.45) is 2.42. The van der Waals surface area contributed by atoms with Gasteiger partial charge in [0.15, 0.2) is 0 Å². The van der Waals surface area contributed by atoms with Gasteiger partial charge < -0.3 is 24.9 Å². The molecule has 0 bridgehead atoms. The summed E-state index contributed by atoms with van der Waals surface area (Å²) in [4.78, 5) is 31.9. The number of fused-ring (bicyclic) bond motifs is 3. The van der Waals surface area contributed by atoms with E-state index in [1.165, 1.54) is 22.3 Å². The normalized spacial score (nSPS) is 13.8. The van der Waals surface area contributed by atoms with Gasteiger partial charge >= 0.3 is 6.09 Å². The molecule has 266 valence electrons. The van der Waals surface area contributed by atoms with Crippen molar-refractivity contribution in [2.75, 3.05) is 26.3 Å². The van der Waals surface area contributed by atoms with Gasteiger partial charge in [0.05, 0.1) is 19.8 Å². The van der Waals surface area contributed by atoms with Crippen molar-refractivity contribution in [1.29, 1.82) is 0 Å². The lowest BCUT2D eigenvalue weighted by atomic mass is 9.75. The van der Waals surface area contributed by atoms with Crippen LogP contribution in [0, 0.1) is 10.8 Å². The summed E-state index contributed by atoms with van der Waals surface area (Å²) in [6.45, 7) is 16.9. The molecule has 4 rings (SSSR count). The fourth-order valence-corrected chi connectivity index (χ4v) is 6.77. The van der Waals surface area contributed by atoms with Gasteiger partial charge in [-0.25, -0.2) is 4.79 Å². The predicted molar refractivity (Wildman–Crippen MR) is 196 cm³/mol. The Labute approximate surface area is 293 Å². The molecule has 1 aliphatic carbocycles. The van der Waals surface area contributed by atoms with Crippen molar-refractivity contribution >= 4 is 12.0 Å². The molecule has 3 aromatic carbocycles. The molecule has 49 heavy (non-hydrogen) atoms. The lowest BCUT2D eigenvalue weighted by molar-refractivity contribution is -0.128. The Morgan fingerprint density at radius 3 is 2.00 bits per heavy atom. The van der Waals surface area contributed by atoms with E-state index in [0.29, 0.717) is 52.2 Å². The highest BCUT2D eigenvalue weighted by Gasteiger charge is 2.32. The van der Waals surface area contributed by atoms with Crippen molar-refractivity contribution in [2.45, 2.75) is 98.3 Å². The largest absolute Gasteiger partial charge is 0.444 e. The summed E-state index contributed by atoms with van der Waals surface area (Å²) in [6, 6.07) is 26.5. The molecule has 1 unspecified atom stereocenters. The lowest BCUT2D eigenvalue weighted by Gasteiger charge is -2.35. The highest BCUT2D eigenvalue weighted by atomic mass is 16.6. The Kier molecular flexibility index (Phi) is 13.4. The van der Waals surface area contributed by atoms with Crippen LogP contribution in [0.5, 0.6) is 0 Å². The third-order valence-corrected chi connectivity index (χ3v) is 8.65. The Morgan fingerprint density at radius 2 is 1.37 bits per heavy atom. The van der Waals surface area contributed by atoms with Gasteiger partial charge in [-0.1, -0.05) is 107 Å². The first kappa shape index (κ1) is 38.1. The van der Waals surface area contributed by atoms with Gasteiger partial charge in [0, 0.05) is 19.0 Å². The van der Waals surface area contributed by atoms with Crippen LogP contribution in [0.1, 0.15) is 96.8 Å². The Balaban J connectivity index is 1.31. The summed E-state index contributed by atoms with van der Waals surface area (Å²) >= 11 is 0. The second-order valence-electron chi connectivity index (χ2n) is 15.8. The second kappa shape index (κ2) is 17.3. The topological polar surface area (TPSA) is 97.9 Å². The van der Waals surface area contributed by atoms with Crippen LogP contribution in [0.2, 0.25) is 0 Å². The van der Waals surface area contributed by atoms with Crippen molar-refractivity contribution in [3.05, 3.63) is 95.6 Å². The average molecular weight is 672 g/mol. The Bertz CT molecular complexity index is 1450. The predicted octanol–water partition coefficient (Wildman–Crippen LogP) is 8.16. The maximum Gasteiger partial charge on any atom is 0.407 e. The van der Waals surface area contributed by atoms with E-state index in [9.17, 15) is 9.59 Å². The number of alkyl carbamates (subject to hydrolysis) is 1. The summed E-state index contributed by atoms with van der Waals surface area (Å²) in [5.41, 5.74) is 8.43. The number of nitrogens with one attached hydrogen (secondary N) is 3. The zero-order valence-electron chi connectivity index (χ0n) is 30.6. The number of carbonyl (C=O) groups excluding carboxylic acids is 2. The fourth-order valence-electron chi connectivity index (χ4n) is 6.77. The van der Waals surface area contributed by atoms with E-state index in [2.05, 4.69) is 104 Å². The summed E-state index contributed by atoms with van der Waals surface area (Å²) in [5.74, 6) is -0.0227. The molecule has 1 aliphatic rings. The van der Waals surface area contributed by atoms with E-state index in [1.54, 1.807) is 0 Å². The lowest BCUT2D eigenvalue weighted by Crippen LogP contribution is -2.47. The molecular weight excluding hydrogens is 614 g/mol. The molecule has 0 fully saturated rings. The molecule has 0 radical (unpaired) electrons. The highest BCUT2D eigenvalue weighted by Crippen LogP contribution is 2.44. The van der Waals surface area contributed by atoms with Crippen LogP contribution >= 0.6 is 0 Å². The van der Waals surface area contributed by atoms with Crippen LogP contribution in [0.3, 0.4) is 0 Å². The van der Waals surface area contributed by atoms with E-state index in [4.69, 9.17) is 14.3 Å².